The Kier molecular flexibility index (Phi) is 4.04. The van der Waals surface area contributed by atoms with Crippen molar-refractivity contribution in [2.45, 2.75) is 26.7 Å². The molecule has 0 aliphatic heterocycles. The first-order valence-corrected chi connectivity index (χ1v) is 6.58. The maximum Gasteiger partial charge on any atom is 0.0991 e. The van der Waals surface area contributed by atoms with Gasteiger partial charge < -0.3 is 5.32 Å². The SMILES string of the molecule is CC1=CC(C)CC(CNc2ccc(C#N)cc2)C1. The zero-order valence-electron chi connectivity index (χ0n) is 11.1. The zero-order chi connectivity index (χ0) is 13.0. The first kappa shape index (κ1) is 12.7. The molecule has 0 bridgehead atoms. The van der Waals surface area contributed by atoms with E-state index in [9.17, 15) is 0 Å². The molecule has 0 spiro atoms. The van der Waals surface area contributed by atoms with Gasteiger partial charge in [-0.25, -0.2) is 0 Å². The van der Waals surface area contributed by atoms with Gasteiger partial charge in [0, 0.05) is 12.2 Å². The molecule has 1 aliphatic carbocycles. The Bertz CT molecular complexity index is 465. The van der Waals surface area contributed by atoms with Crippen LogP contribution in [0.15, 0.2) is 35.9 Å². The Morgan fingerprint density at radius 1 is 1.33 bits per heavy atom. The van der Waals surface area contributed by atoms with Crippen LogP contribution >= 0.6 is 0 Å². The van der Waals surface area contributed by atoms with Gasteiger partial charge in [0.15, 0.2) is 0 Å². The summed E-state index contributed by atoms with van der Waals surface area (Å²) < 4.78 is 0. The summed E-state index contributed by atoms with van der Waals surface area (Å²) >= 11 is 0. The van der Waals surface area contributed by atoms with Gasteiger partial charge >= 0.3 is 0 Å². The molecule has 2 unspecified atom stereocenters. The van der Waals surface area contributed by atoms with E-state index >= 15 is 0 Å². The molecule has 1 aromatic carbocycles. The summed E-state index contributed by atoms with van der Waals surface area (Å²) in [5, 5.41) is 12.2. The summed E-state index contributed by atoms with van der Waals surface area (Å²) in [5.74, 6) is 1.42. The molecule has 2 nitrogen and oxygen atoms in total. The molecular formula is C16H20N2. The van der Waals surface area contributed by atoms with Crippen molar-refractivity contribution in [2.75, 3.05) is 11.9 Å². The highest BCUT2D eigenvalue weighted by atomic mass is 14.9. The van der Waals surface area contributed by atoms with Gasteiger partial charge in [-0.1, -0.05) is 18.6 Å². The number of nitriles is 1. The Balaban J connectivity index is 1.88. The quantitative estimate of drug-likeness (QED) is 0.812. The molecule has 0 saturated heterocycles. The van der Waals surface area contributed by atoms with Crippen LogP contribution in [-0.4, -0.2) is 6.54 Å². The van der Waals surface area contributed by atoms with Crippen molar-refractivity contribution in [1.82, 2.24) is 0 Å². The van der Waals surface area contributed by atoms with E-state index in [1.807, 2.05) is 24.3 Å². The minimum atomic E-state index is 0.700. The van der Waals surface area contributed by atoms with Gasteiger partial charge in [0.2, 0.25) is 0 Å². The fraction of sp³-hybridized carbons (Fsp3) is 0.438. The topological polar surface area (TPSA) is 35.8 Å². The van der Waals surface area contributed by atoms with E-state index in [2.05, 4.69) is 31.3 Å². The second kappa shape index (κ2) is 5.73. The van der Waals surface area contributed by atoms with Crippen molar-refractivity contribution in [1.29, 1.82) is 5.26 Å². The first-order valence-electron chi connectivity index (χ1n) is 6.58. The molecule has 1 aliphatic rings. The monoisotopic (exact) mass is 240 g/mol. The van der Waals surface area contributed by atoms with Gasteiger partial charge in [-0.2, -0.15) is 5.26 Å². The third kappa shape index (κ3) is 3.37. The molecule has 0 saturated carbocycles. The normalized spacial score (nSPS) is 23.1. The van der Waals surface area contributed by atoms with Gasteiger partial charge in [-0.15, -0.1) is 0 Å². The van der Waals surface area contributed by atoms with Crippen LogP contribution in [0.2, 0.25) is 0 Å². The van der Waals surface area contributed by atoms with E-state index in [1.165, 1.54) is 18.4 Å². The number of hydrogen-bond donors (Lipinski definition) is 1. The lowest BCUT2D eigenvalue weighted by atomic mass is 9.84. The van der Waals surface area contributed by atoms with Gasteiger partial charge in [0.25, 0.3) is 0 Å². The van der Waals surface area contributed by atoms with Gasteiger partial charge in [0.05, 0.1) is 11.6 Å². The van der Waals surface area contributed by atoms with E-state index in [0.717, 1.165) is 18.2 Å². The lowest BCUT2D eigenvalue weighted by Crippen LogP contribution is -2.20. The van der Waals surface area contributed by atoms with Crippen molar-refractivity contribution in [3.05, 3.63) is 41.5 Å². The number of anilines is 1. The van der Waals surface area contributed by atoms with Gasteiger partial charge in [0.1, 0.15) is 0 Å². The minimum absolute atomic E-state index is 0.700. The molecule has 18 heavy (non-hydrogen) atoms. The number of hydrogen-bond acceptors (Lipinski definition) is 2. The second-order valence-electron chi connectivity index (χ2n) is 5.37. The molecule has 0 fully saturated rings. The molecule has 2 heteroatoms. The number of rotatable bonds is 3. The fourth-order valence-corrected chi connectivity index (χ4v) is 2.77. The summed E-state index contributed by atoms with van der Waals surface area (Å²) in [7, 11) is 0. The maximum absolute atomic E-state index is 8.74. The predicted molar refractivity (Wildman–Crippen MR) is 75.3 cm³/mol. The molecule has 94 valence electrons. The van der Waals surface area contributed by atoms with E-state index < -0.39 is 0 Å². The van der Waals surface area contributed by atoms with E-state index in [0.29, 0.717) is 11.5 Å². The zero-order valence-corrected chi connectivity index (χ0v) is 11.1. The summed E-state index contributed by atoms with van der Waals surface area (Å²) in [4.78, 5) is 0. The lowest BCUT2D eigenvalue weighted by Gasteiger charge is -2.26. The molecule has 0 amide bonds. The Hall–Kier alpha value is -1.75. The molecule has 1 aromatic rings. The van der Waals surface area contributed by atoms with E-state index in [-0.39, 0.29) is 0 Å². The molecule has 2 atom stereocenters. The molecular weight excluding hydrogens is 220 g/mol. The van der Waals surface area contributed by atoms with Crippen LogP contribution in [-0.2, 0) is 0 Å². The largest absolute Gasteiger partial charge is 0.385 e. The van der Waals surface area contributed by atoms with Crippen LogP contribution < -0.4 is 5.32 Å². The van der Waals surface area contributed by atoms with Gasteiger partial charge in [-0.3, -0.25) is 0 Å². The number of nitrogens with zero attached hydrogens (tertiary/aromatic N) is 1. The first-order chi connectivity index (χ1) is 8.67. The van der Waals surface area contributed by atoms with Crippen molar-refractivity contribution in [3.63, 3.8) is 0 Å². The smallest absolute Gasteiger partial charge is 0.0991 e. The highest BCUT2D eigenvalue weighted by Crippen LogP contribution is 2.28. The number of nitrogens with one attached hydrogen (secondary N) is 1. The van der Waals surface area contributed by atoms with Crippen LogP contribution in [0.25, 0.3) is 0 Å². The van der Waals surface area contributed by atoms with Crippen LogP contribution in [0.3, 0.4) is 0 Å². The van der Waals surface area contributed by atoms with Crippen molar-refractivity contribution in [2.24, 2.45) is 11.8 Å². The van der Waals surface area contributed by atoms with Crippen LogP contribution in [0.4, 0.5) is 5.69 Å². The average Bonchev–Trinajstić information content (AvgIpc) is 2.36. The summed E-state index contributed by atoms with van der Waals surface area (Å²) in [6.45, 7) is 5.53. The Morgan fingerprint density at radius 2 is 2.06 bits per heavy atom. The third-order valence-corrected chi connectivity index (χ3v) is 3.49. The minimum Gasteiger partial charge on any atom is -0.385 e. The highest BCUT2D eigenvalue weighted by molar-refractivity contribution is 5.47. The predicted octanol–water partition coefficient (Wildman–Crippen LogP) is 3.96. The summed E-state index contributed by atoms with van der Waals surface area (Å²) in [6, 6.07) is 9.81. The van der Waals surface area contributed by atoms with Crippen LogP contribution in [0.1, 0.15) is 32.3 Å². The van der Waals surface area contributed by atoms with E-state index in [4.69, 9.17) is 5.26 Å². The molecule has 0 heterocycles. The number of benzene rings is 1. The molecule has 0 aromatic heterocycles. The van der Waals surface area contributed by atoms with E-state index in [1.54, 1.807) is 0 Å². The lowest BCUT2D eigenvalue weighted by molar-refractivity contribution is 0.421. The molecule has 2 rings (SSSR count). The Labute approximate surface area is 109 Å². The second-order valence-corrected chi connectivity index (χ2v) is 5.37. The average molecular weight is 240 g/mol. The highest BCUT2D eigenvalue weighted by Gasteiger charge is 2.17. The standard InChI is InChI=1S/C16H20N2/c1-12-7-13(2)9-15(8-12)11-18-16-5-3-14(10-17)4-6-16/h3-7,12,15,18H,8-9,11H2,1-2H3. The molecule has 1 N–H and O–H groups in total. The van der Waals surface area contributed by atoms with Crippen molar-refractivity contribution >= 4 is 5.69 Å². The van der Waals surface area contributed by atoms with Crippen molar-refractivity contribution < 1.29 is 0 Å². The van der Waals surface area contributed by atoms with Crippen molar-refractivity contribution in [3.8, 4) is 6.07 Å². The fourth-order valence-electron chi connectivity index (χ4n) is 2.77. The Morgan fingerprint density at radius 3 is 2.67 bits per heavy atom. The number of allylic oxidation sites excluding steroid dienone is 2. The third-order valence-electron chi connectivity index (χ3n) is 3.49. The van der Waals surface area contributed by atoms with Crippen LogP contribution in [0, 0.1) is 23.2 Å². The van der Waals surface area contributed by atoms with Crippen LogP contribution in [0.5, 0.6) is 0 Å². The summed E-state index contributed by atoms with van der Waals surface area (Å²) in [5.41, 5.74) is 3.33. The van der Waals surface area contributed by atoms with Gasteiger partial charge in [-0.05, 0) is 55.9 Å². The maximum atomic E-state index is 8.74. The summed E-state index contributed by atoms with van der Waals surface area (Å²) in [6.07, 6.45) is 4.85. The molecule has 0 radical (unpaired) electrons.